The first-order valence-corrected chi connectivity index (χ1v) is 12.0. The Labute approximate surface area is 200 Å². The number of hydrogen-bond donors (Lipinski definition) is 2. The van der Waals surface area contributed by atoms with Crippen LogP contribution in [0.2, 0.25) is 0 Å². The summed E-state index contributed by atoms with van der Waals surface area (Å²) in [6, 6.07) is 11.3. The van der Waals surface area contributed by atoms with Gasteiger partial charge in [-0.3, -0.25) is 14.5 Å². The van der Waals surface area contributed by atoms with Crippen LogP contribution in [0, 0.1) is 11.8 Å². The maximum Gasteiger partial charge on any atom is 0.325 e. The number of β-lactam (4-membered cyclic amide) rings is 1. The van der Waals surface area contributed by atoms with Crippen molar-refractivity contribution < 1.29 is 14.4 Å². The van der Waals surface area contributed by atoms with Crippen LogP contribution < -0.4 is 16.0 Å². The van der Waals surface area contributed by atoms with E-state index in [1.54, 1.807) is 25.4 Å². The van der Waals surface area contributed by atoms with Crippen LogP contribution >= 0.6 is 0 Å². The fourth-order valence-electron chi connectivity index (χ4n) is 5.13. The van der Waals surface area contributed by atoms with Crippen molar-refractivity contribution in [1.82, 2.24) is 15.2 Å². The van der Waals surface area contributed by atoms with E-state index in [9.17, 15) is 14.4 Å². The van der Waals surface area contributed by atoms with E-state index in [0.717, 1.165) is 36.1 Å². The van der Waals surface area contributed by atoms with E-state index in [4.69, 9.17) is 5.73 Å². The standard InChI is InChI=1S/C26H33N5O3/c1-17(19-9-5-3-6-10-19)29-26(34)31-23(25(33)30(2)20-11-7-4-8-12-20)21(24(31)32)15-18-13-14-28-22(27)16-18/h4,7-8,11-14,16-17,19,21,23H,3,5-6,9-10,15H2,1-2H3,(H2,27,28)(H,29,34)/t17-,21?,23+/m1/s1. The van der Waals surface area contributed by atoms with Crippen molar-refractivity contribution in [2.24, 2.45) is 11.8 Å². The largest absolute Gasteiger partial charge is 0.384 e. The highest BCUT2D eigenvalue weighted by Gasteiger charge is 2.55. The fourth-order valence-corrected chi connectivity index (χ4v) is 5.13. The first-order valence-electron chi connectivity index (χ1n) is 12.0. The maximum atomic E-state index is 13.6. The summed E-state index contributed by atoms with van der Waals surface area (Å²) in [5, 5.41) is 3.00. The number of rotatable bonds is 6. The molecule has 0 radical (unpaired) electrons. The summed E-state index contributed by atoms with van der Waals surface area (Å²) >= 11 is 0. The number of hydrogen-bond acceptors (Lipinski definition) is 5. The van der Waals surface area contributed by atoms with Crippen LogP contribution in [0.5, 0.6) is 0 Å². The van der Waals surface area contributed by atoms with Crippen molar-refractivity contribution in [1.29, 1.82) is 0 Å². The average Bonchev–Trinajstić information content (AvgIpc) is 2.85. The molecule has 1 aliphatic heterocycles. The van der Waals surface area contributed by atoms with Gasteiger partial charge in [0, 0.05) is 25.0 Å². The van der Waals surface area contributed by atoms with E-state index in [1.165, 1.54) is 11.3 Å². The monoisotopic (exact) mass is 463 g/mol. The molecule has 1 saturated heterocycles. The second-order valence-corrected chi connectivity index (χ2v) is 9.42. The third kappa shape index (κ3) is 4.90. The number of nitrogen functional groups attached to an aromatic ring is 1. The molecule has 2 aliphatic rings. The lowest BCUT2D eigenvalue weighted by Gasteiger charge is -2.46. The highest BCUT2D eigenvalue weighted by molar-refractivity contribution is 6.12. The van der Waals surface area contributed by atoms with Crippen LogP contribution in [0.3, 0.4) is 0 Å². The summed E-state index contributed by atoms with van der Waals surface area (Å²) in [6.45, 7) is 1.99. The van der Waals surface area contributed by atoms with E-state index in [2.05, 4.69) is 10.3 Å². The van der Waals surface area contributed by atoms with Crippen LogP contribution in [0.15, 0.2) is 48.7 Å². The zero-order chi connectivity index (χ0) is 24.2. The zero-order valence-corrected chi connectivity index (χ0v) is 19.8. The van der Waals surface area contributed by atoms with Crippen LogP contribution in [-0.2, 0) is 16.0 Å². The van der Waals surface area contributed by atoms with Crippen LogP contribution in [0.4, 0.5) is 16.3 Å². The third-order valence-electron chi connectivity index (χ3n) is 7.17. The number of likely N-dealkylation sites (tertiary alicyclic amines) is 1. The topological polar surface area (TPSA) is 109 Å². The number of nitrogens with one attached hydrogen (secondary N) is 1. The molecule has 180 valence electrons. The van der Waals surface area contributed by atoms with Gasteiger partial charge in [0.05, 0.1) is 5.92 Å². The lowest BCUT2D eigenvalue weighted by atomic mass is 9.81. The lowest BCUT2D eigenvalue weighted by Crippen LogP contribution is -2.71. The first kappa shape index (κ1) is 23.7. The van der Waals surface area contributed by atoms with Gasteiger partial charge in [-0.25, -0.2) is 9.78 Å². The molecule has 8 nitrogen and oxygen atoms in total. The number of nitrogens with zero attached hydrogens (tertiary/aromatic N) is 3. The van der Waals surface area contributed by atoms with E-state index in [1.807, 2.05) is 37.3 Å². The molecular weight excluding hydrogens is 430 g/mol. The summed E-state index contributed by atoms with van der Waals surface area (Å²) in [7, 11) is 1.67. The van der Waals surface area contributed by atoms with Crippen molar-refractivity contribution in [3.63, 3.8) is 0 Å². The molecule has 4 rings (SSSR count). The Hall–Kier alpha value is -3.42. The van der Waals surface area contributed by atoms with Gasteiger partial charge < -0.3 is 16.0 Å². The molecule has 4 amide bonds. The SMILES string of the molecule is C[C@@H](NC(=O)N1C(=O)C(Cc2ccnc(N)c2)[C@H]1C(=O)N(C)c1ccccc1)C1CCCCC1. The van der Waals surface area contributed by atoms with Gasteiger partial charge in [-0.05, 0) is 61.9 Å². The number of carbonyl (C=O) groups excluding carboxylic acids is 3. The van der Waals surface area contributed by atoms with E-state index >= 15 is 0 Å². The highest BCUT2D eigenvalue weighted by Crippen LogP contribution is 2.33. The number of carbonyl (C=O) groups is 3. The normalized spacial score (nSPS) is 21.5. The molecule has 3 atom stereocenters. The number of benzene rings is 1. The number of amides is 4. The van der Waals surface area contributed by atoms with Crippen molar-refractivity contribution >= 4 is 29.4 Å². The minimum Gasteiger partial charge on any atom is -0.384 e. The lowest BCUT2D eigenvalue weighted by molar-refractivity contribution is -0.156. The van der Waals surface area contributed by atoms with Gasteiger partial charge in [0.25, 0.3) is 5.91 Å². The molecule has 2 heterocycles. The zero-order valence-electron chi connectivity index (χ0n) is 19.8. The summed E-state index contributed by atoms with van der Waals surface area (Å²) < 4.78 is 0. The smallest absolute Gasteiger partial charge is 0.325 e. The van der Waals surface area contributed by atoms with Crippen molar-refractivity contribution in [2.75, 3.05) is 17.7 Å². The molecule has 2 fully saturated rings. The Morgan fingerprint density at radius 3 is 2.56 bits per heavy atom. The molecule has 34 heavy (non-hydrogen) atoms. The fraction of sp³-hybridized carbons (Fsp3) is 0.462. The second kappa shape index (κ2) is 10.2. The van der Waals surface area contributed by atoms with Gasteiger partial charge in [0.15, 0.2) is 0 Å². The number of likely N-dealkylation sites (N-methyl/N-ethyl adjacent to an activating group) is 1. The minimum absolute atomic E-state index is 0.0535. The Morgan fingerprint density at radius 2 is 1.88 bits per heavy atom. The molecule has 1 aromatic carbocycles. The predicted molar refractivity (Wildman–Crippen MR) is 131 cm³/mol. The number of anilines is 2. The molecule has 0 bridgehead atoms. The van der Waals surface area contributed by atoms with E-state index < -0.39 is 18.0 Å². The molecular formula is C26H33N5O3. The van der Waals surface area contributed by atoms with Crippen molar-refractivity contribution in [3.05, 3.63) is 54.2 Å². The summed E-state index contributed by atoms with van der Waals surface area (Å²) in [5.41, 5.74) is 7.31. The molecule has 1 aromatic heterocycles. The number of para-hydroxylation sites is 1. The predicted octanol–water partition coefficient (Wildman–Crippen LogP) is 3.37. The van der Waals surface area contributed by atoms with E-state index in [0.29, 0.717) is 23.8 Å². The number of urea groups is 1. The van der Waals surface area contributed by atoms with Crippen LogP contribution in [0.25, 0.3) is 0 Å². The molecule has 1 aliphatic carbocycles. The van der Waals surface area contributed by atoms with Gasteiger partial charge in [-0.15, -0.1) is 0 Å². The van der Waals surface area contributed by atoms with Gasteiger partial charge in [-0.2, -0.15) is 0 Å². The molecule has 1 unspecified atom stereocenters. The van der Waals surface area contributed by atoms with Gasteiger partial charge in [0.1, 0.15) is 11.9 Å². The Bertz CT molecular complexity index is 1040. The molecule has 0 spiro atoms. The molecule has 8 heteroatoms. The maximum absolute atomic E-state index is 13.6. The summed E-state index contributed by atoms with van der Waals surface area (Å²) in [5.74, 6) is -0.534. The van der Waals surface area contributed by atoms with Crippen molar-refractivity contribution in [2.45, 2.75) is 57.5 Å². The number of nitrogens with two attached hydrogens (primary N) is 1. The van der Waals surface area contributed by atoms with Gasteiger partial charge >= 0.3 is 6.03 Å². The number of pyridine rings is 1. The second-order valence-electron chi connectivity index (χ2n) is 9.42. The third-order valence-corrected chi connectivity index (χ3v) is 7.17. The van der Waals surface area contributed by atoms with Crippen LogP contribution in [0.1, 0.15) is 44.6 Å². The van der Waals surface area contributed by atoms with Crippen molar-refractivity contribution in [3.8, 4) is 0 Å². The quantitative estimate of drug-likeness (QED) is 0.639. The molecule has 1 saturated carbocycles. The Morgan fingerprint density at radius 1 is 1.18 bits per heavy atom. The minimum atomic E-state index is -0.884. The Balaban J connectivity index is 1.54. The van der Waals surface area contributed by atoms with E-state index in [-0.39, 0.29) is 17.9 Å². The Kier molecular flexibility index (Phi) is 7.14. The van der Waals surface area contributed by atoms with Crippen LogP contribution in [-0.4, -0.2) is 46.9 Å². The summed E-state index contributed by atoms with van der Waals surface area (Å²) in [4.78, 5) is 46.5. The summed E-state index contributed by atoms with van der Waals surface area (Å²) in [6.07, 6.45) is 7.58. The molecule has 3 N–H and O–H groups in total. The van der Waals surface area contributed by atoms with Gasteiger partial charge in [0.2, 0.25) is 5.91 Å². The number of imide groups is 1. The van der Waals surface area contributed by atoms with Gasteiger partial charge in [-0.1, -0.05) is 37.5 Å². The average molecular weight is 464 g/mol. The first-order chi connectivity index (χ1) is 16.4. The highest BCUT2D eigenvalue weighted by atomic mass is 16.2. The molecule has 2 aromatic rings. The number of aromatic nitrogens is 1.